The molecule has 110 valence electrons. The first-order valence-corrected chi connectivity index (χ1v) is 7.17. The van der Waals surface area contributed by atoms with E-state index >= 15 is 0 Å². The zero-order valence-corrected chi connectivity index (χ0v) is 11.8. The maximum Gasteiger partial charge on any atom is 0.261 e. The van der Waals surface area contributed by atoms with Gasteiger partial charge in [-0.2, -0.15) is 0 Å². The van der Waals surface area contributed by atoms with E-state index in [0.29, 0.717) is 19.1 Å². The molecular formula is C15H22N2O3. The Morgan fingerprint density at radius 2 is 2.10 bits per heavy atom. The predicted molar refractivity (Wildman–Crippen MR) is 77.0 cm³/mol. The Labute approximate surface area is 119 Å². The molecule has 1 aliphatic rings. The summed E-state index contributed by atoms with van der Waals surface area (Å²) in [6, 6.07) is 4.67. The van der Waals surface area contributed by atoms with Gasteiger partial charge in [0.15, 0.2) is 0 Å². The molecule has 1 heterocycles. The number of rotatable bonds is 5. The molecule has 1 unspecified atom stereocenters. The van der Waals surface area contributed by atoms with Crippen molar-refractivity contribution >= 4 is 5.91 Å². The first kappa shape index (κ1) is 14.7. The van der Waals surface area contributed by atoms with E-state index in [-0.39, 0.29) is 23.0 Å². The van der Waals surface area contributed by atoms with Gasteiger partial charge in [-0.05, 0) is 37.9 Å². The summed E-state index contributed by atoms with van der Waals surface area (Å²) in [5, 5.41) is 23.0. The maximum atomic E-state index is 12.5. The zero-order valence-electron chi connectivity index (χ0n) is 11.8. The third-order valence-electron chi connectivity index (χ3n) is 3.62. The lowest BCUT2D eigenvalue weighted by atomic mass is 10.1. The number of hydrogen-bond acceptors (Lipinski definition) is 4. The van der Waals surface area contributed by atoms with Crippen molar-refractivity contribution in [3.8, 4) is 11.5 Å². The summed E-state index contributed by atoms with van der Waals surface area (Å²) in [4.78, 5) is 14.2. The number of amides is 1. The lowest BCUT2D eigenvalue weighted by Crippen LogP contribution is -2.41. The SMILES string of the molecule is CCCN(CC1CCCN1)C(=O)c1c(O)cccc1O. The molecule has 0 aromatic heterocycles. The molecule has 1 aliphatic heterocycles. The van der Waals surface area contributed by atoms with E-state index in [1.165, 1.54) is 18.2 Å². The Morgan fingerprint density at radius 1 is 1.40 bits per heavy atom. The van der Waals surface area contributed by atoms with Crippen LogP contribution in [0.25, 0.3) is 0 Å². The van der Waals surface area contributed by atoms with Crippen LogP contribution in [0.2, 0.25) is 0 Å². The molecule has 1 aromatic rings. The summed E-state index contributed by atoms with van der Waals surface area (Å²) < 4.78 is 0. The monoisotopic (exact) mass is 278 g/mol. The van der Waals surface area contributed by atoms with Crippen molar-refractivity contribution in [3.05, 3.63) is 23.8 Å². The third-order valence-corrected chi connectivity index (χ3v) is 3.62. The minimum atomic E-state index is -0.309. The number of phenolic OH excluding ortho intramolecular Hbond substituents is 2. The van der Waals surface area contributed by atoms with Gasteiger partial charge in [0.1, 0.15) is 17.1 Å². The van der Waals surface area contributed by atoms with Crippen LogP contribution in [0, 0.1) is 0 Å². The van der Waals surface area contributed by atoms with Gasteiger partial charge in [-0.3, -0.25) is 4.79 Å². The standard InChI is InChI=1S/C15H22N2O3/c1-2-9-17(10-11-5-4-8-16-11)15(20)14-12(18)6-3-7-13(14)19/h3,6-7,11,16,18-19H,2,4-5,8-10H2,1H3. The van der Waals surface area contributed by atoms with Crippen LogP contribution < -0.4 is 5.32 Å². The Hall–Kier alpha value is -1.75. The summed E-state index contributed by atoms with van der Waals surface area (Å²) in [6.07, 6.45) is 3.02. The summed E-state index contributed by atoms with van der Waals surface area (Å²) in [7, 11) is 0. The molecule has 20 heavy (non-hydrogen) atoms. The minimum Gasteiger partial charge on any atom is -0.507 e. The van der Waals surface area contributed by atoms with Gasteiger partial charge in [0.05, 0.1) is 0 Å². The summed E-state index contributed by atoms with van der Waals surface area (Å²) in [5.41, 5.74) is -0.000975. The zero-order chi connectivity index (χ0) is 14.5. The highest BCUT2D eigenvalue weighted by molar-refractivity contribution is 5.99. The molecular weight excluding hydrogens is 256 g/mol. The number of nitrogens with one attached hydrogen (secondary N) is 1. The van der Waals surface area contributed by atoms with Crippen molar-refractivity contribution in [2.75, 3.05) is 19.6 Å². The van der Waals surface area contributed by atoms with E-state index in [1.54, 1.807) is 4.90 Å². The van der Waals surface area contributed by atoms with Crippen LogP contribution in [-0.4, -0.2) is 46.7 Å². The first-order valence-electron chi connectivity index (χ1n) is 7.17. The number of carbonyl (C=O) groups is 1. The molecule has 5 heteroatoms. The van der Waals surface area contributed by atoms with Crippen LogP contribution in [0.1, 0.15) is 36.5 Å². The Bertz CT molecular complexity index is 450. The quantitative estimate of drug-likeness (QED) is 0.766. The molecule has 1 atom stereocenters. The van der Waals surface area contributed by atoms with Crippen molar-refractivity contribution in [3.63, 3.8) is 0 Å². The molecule has 0 spiro atoms. The Morgan fingerprint density at radius 3 is 2.65 bits per heavy atom. The van der Waals surface area contributed by atoms with Crippen LogP contribution in [0.5, 0.6) is 11.5 Å². The van der Waals surface area contributed by atoms with Crippen LogP contribution in [-0.2, 0) is 0 Å². The van der Waals surface area contributed by atoms with Crippen molar-refractivity contribution in [1.82, 2.24) is 10.2 Å². The largest absolute Gasteiger partial charge is 0.507 e. The van der Waals surface area contributed by atoms with Gasteiger partial charge >= 0.3 is 0 Å². The van der Waals surface area contributed by atoms with Crippen molar-refractivity contribution < 1.29 is 15.0 Å². The fourth-order valence-electron chi connectivity index (χ4n) is 2.63. The summed E-state index contributed by atoms with van der Waals surface area (Å²) in [5.74, 6) is -0.651. The van der Waals surface area contributed by atoms with Gasteiger partial charge in [0.2, 0.25) is 0 Å². The molecule has 0 radical (unpaired) electrons. The van der Waals surface area contributed by atoms with E-state index in [9.17, 15) is 15.0 Å². The average Bonchev–Trinajstić information content (AvgIpc) is 2.91. The highest BCUT2D eigenvalue weighted by Crippen LogP contribution is 2.28. The number of hydrogen-bond donors (Lipinski definition) is 3. The predicted octanol–water partition coefficient (Wildman–Crippen LogP) is 1.70. The number of carbonyl (C=O) groups excluding carboxylic acids is 1. The second-order valence-electron chi connectivity index (χ2n) is 5.22. The van der Waals surface area contributed by atoms with E-state index in [1.807, 2.05) is 6.92 Å². The number of aromatic hydroxyl groups is 2. The Kier molecular flexibility index (Phi) is 4.84. The number of phenols is 2. The lowest BCUT2D eigenvalue weighted by molar-refractivity contribution is 0.0735. The van der Waals surface area contributed by atoms with E-state index < -0.39 is 0 Å². The topological polar surface area (TPSA) is 72.8 Å². The van der Waals surface area contributed by atoms with Crippen LogP contribution in [0.15, 0.2) is 18.2 Å². The summed E-state index contributed by atoms with van der Waals surface area (Å²) >= 11 is 0. The molecule has 1 fully saturated rings. The second-order valence-corrected chi connectivity index (χ2v) is 5.22. The maximum absolute atomic E-state index is 12.5. The van der Waals surface area contributed by atoms with Gasteiger partial charge < -0.3 is 20.4 Å². The third kappa shape index (κ3) is 3.22. The molecule has 2 rings (SSSR count). The van der Waals surface area contributed by atoms with Gasteiger partial charge in [0, 0.05) is 19.1 Å². The minimum absolute atomic E-state index is 0.000975. The van der Waals surface area contributed by atoms with Crippen LogP contribution >= 0.6 is 0 Å². The molecule has 1 saturated heterocycles. The van der Waals surface area contributed by atoms with E-state index in [2.05, 4.69) is 5.32 Å². The van der Waals surface area contributed by atoms with E-state index in [0.717, 1.165) is 25.8 Å². The van der Waals surface area contributed by atoms with Gasteiger partial charge in [0.25, 0.3) is 5.91 Å². The van der Waals surface area contributed by atoms with Crippen molar-refractivity contribution in [2.45, 2.75) is 32.2 Å². The van der Waals surface area contributed by atoms with E-state index in [4.69, 9.17) is 0 Å². The second kappa shape index (κ2) is 6.61. The smallest absolute Gasteiger partial charge is 0.261 e. The van der Waals surface area contributed by atoms with Crippen molar-refractivity contribution in [2.24, 2.45) is 0 Å². The highest BCUT2D eigenvalue weighted by atomic mass is 16.3. The van der Waals surface area contributed by atoms with Gasteiger partial charge in [-0.1, -0.05) is 13.0 Å². The molecule has 0 saturated carbocycles. The number of benzene rings is 1. The highest BCUT2D eigenvalue weighted by Gasteiger charge is 2.25. The van der Waals surface area contributed by atoms with Crippen molar-refractivity contribution in [1.29, 1.82) is 0 Å². The van der Waals surface area contributed by atoms with Crippen LogP contribution in [0.3, 0.4) is 0 Å². The molecule has 0 bridgehead atoms. The fraction of sp³-hybridized carbons (Fsp3) is 0.533. The van der Waals surface area contributed by atoms with Gasteiger partial charge in [-0.15, -0.1) is 0 Å². The molecule has 5 nitrogen and oxygen atoms in total. The lowest BCUT2D eigenvalue weighted by Gasteiger charge is -2.26. The normalized spacial score (nSPS) is 18.1. The fourth-order valence-corrected chi connectivity index (χ4v) is 2.63. The molecule has 3 N–H and O–H groups in total. The van der Waals surface area contributed by atoms with Crippen LogP contribution in [0.4, 0.5) is 0 Å². The van der Waals surface area contributed by atoms with Gasteiger partial charge in [-0.25, -0.2) is 0 Å². The molecule has 1 aromatic carbocycles. The molecule has 0 aliphatic carbocycles. The Balaban J connectivity index is 2.17. The molecule has 1 amide bonds. The first-order chi connectivity index (χ1) is 9.63. The number of nitrogens with zero attached hydrogens (tertiary/aromatic N) is 1. The average molecular weight is 278 g/mol. The summed E-state index contributed by atoms with van der Waals surface area (Å²) in [6.45, 7) is 4.22.